The lowest BCUT2D eigenvalue weighted by atomic mass is 9.94. The molecule has 1 aliphatic rings. The van der Waals surface area contributed by atoms with Gasteiger partial charge in [0.2, 0.25) is 0 Å². The first-order valence-corrected chi connectivity index (χ1v) is 6.71. The fourth-order valence-corrected chi connectivity index (χ4v) is 2.10. The molecular formula is C14H23N3O2. The van der Waals surface area contributed by atoms with E-state index in [1.807, 2.05) is 6.92 Å². The molecule has 5 nitrogen and oxygen atoms in total. The molecule has 1 heterocycles. The van der Waals surface area contributed by atoms with Gasteiger partial charge in [0, 0.05) is 31.4 Å². The SMILES string of the molecule is C=C(N=CC(C)=N)N1CCC(CC(=O)OCC)CC1. The Bertz CT molecular complexity index is 369. The number of likely N-dealkylation sites (tertiary alicyclic amines) is 1. The van der Waals surface area contributed by atoms with Crippen LogP contribution in [0.4, 0.5) is 0 Å². The maximum Gasteiger partial charge on any atom is 0.306 e. The van der Waals surface area contributed by atoms with Crippen LogP contribution in [0.15, 0.2) is 17.4 Å². The van der Waals surface area contributed by atoms with E-state index in [1.54, 1.807) is 6.92 Å². The highest BCUT2D eigenvalue weighted by atomic mass is 16.5. The van der Waals surface area contributed by atoms with Crippen LogP contribution < -0.4 is 0 Å². The van der Waals surface area contributed by atoms with Gasteiger partial charge < -0.3 is 15.0 Å². The van der Waals surface area contributed by atoms with Gasteiger partial charge in [-0.25, -0.2) is 4.99 Å². The molecule has 1 N–H and O–H groups in total. The van der Waals surface area contributed by atoms with Crippen molar-refractivity contribution in [2.45, 2.75) is 33.1 Å². The minimum atomic E-state index is -0.0998. The highest BCUT2D eigenvalue weighted by Crippen LogP contribution is 2.23. The van der Waals surface area contributed by atoms with Gasteiger partial charge in [-0.1, -0.05) is 6.58 Å². The third-order valence-electron chi connectivity index (χ3n) is 3.15. The molecule has 0 radical (unpaired) electrons. The lowest BCUT2D eigenvalue weighted by molar-refractivity contribution is -0.144. The second-order valence-corrected chi connectivity index (χ2v) is 4.80. The number of nitrogens with zero attached hydrogens (tertiary/aromatic N) is 2. The molecule has 1 saturated heterocycles. The zero-order valence-corrected chi connectivity index (χ0v) is 11.8. The summed E-state index contributed by atoms with van der Waals surface area (Å²) in [6, 6.07) is 0. The van der Waals surface area contributed by atoms with Crippen LogP contribution in [0.2, 0.25) is 0 Å². The summed E-state index contributed by atoms with van der Waals surface area (Å²) in [7, 11) is 0. The molecule has 5 heteroatoms. The van der Waals surface area contributed by atoms with Crippen LogP contribution in [0, 0.1) is 11.3 Å². The summed E-state index contributed by atoms with van der Waals surface area (Å²) in [4.78, 5) is 17.7. The number of esters is 1. The van der Waals surface area contributed by atoms with Gasteiger partial charge in [0.1, 0.15) is 5.82 Å². The number of piperidine rings is 1. The first-order chi connectivity index (χ1) is 9.02. The summed E-state index contributed by atoms with van der Waals surface area (Å²) >= 11 is 0. The van der Waals surface area contributed by atoms with Crippen molar-refractivity contribution in [1.82, 2.24) is 4.90 Å². The minimum Gasteiger partial charge on any atom is -0.466 e. The van der Waals surface area contributed by atoms with E-state index in [9.17, 15) is 4.79 Å². The lowest BCUT2D eigenvalue weighted by Gasteiger charge is -2.32. The molecule has 1 fully saturated rings. The fourth-order valence-electron chi connectivity index (χ4n) is 2.10. The van der Waals surface area contributed by atoms with Gasteiger partial charge in [-0.05, 0) is 32.6 Å². The second-order valence-electron chi connectivity index (χ2n) is 4.80. The number of hydrogen-bond acceptors (Lipinski definition) is 5. The van der Waals surface area contributed by atoms with Gasteiger partial charge in [-0.3, -0.25) is 4.79 Å². The molecule has 0 aliphatic carbocycles. The van der Waals surface area contributed by atoms with E-state index in [-0.39, 0.29) is 5.97 Å². The van der Waals surface area contributed by atoms with E-state index in [4.69, 9.17) is 10.1 Å². The van der Waals surface area contributed by atoms with Crippen LogP contribution in [0.1, 0.15) is 33.1 Å². The molecule has 1 aliphatic heterocycles. The first-order valence-electron chi connectivity index (χ1n) is 6.71. The molecule has 0 bridgehead atoms. The van der Waals surface area contributed by atoms with E-state index in [1.165, 1.54) is 6.21 Å². The molecule has 0 atom stereocenters. The summed E-state index contributed by atoms with van der Waals surface area (Å²) < 4.78 is 4.97. The number of rotatable bonds is 6. The third kappa shape index (κ3) is 5.68. The Balaban J connectivity index is 2.34. The van der Waals surface area contributed by atoms with Gasteiger partial charge in [0.25, 0.3) is 0 Å². The van der Waals surface area contributed by atoms with Crippen molar-refractivity contribution >= 4 is 17.9 Å². The molecule has 0 amide bonds. The van der Waals surface area contributed by atoms with Crippen molar-refractivity contribution in [1.29, 1.82) is 5.41 Å². The Morgan fingerprint density at radius 1 is 1.53 bits per heavy atom. The van der Waals surface area contributed by atoms with Gasteiger partial charge >= 0.3 is 5.97 Å². The Labute approximate surface area is 114 Å². The van der Waals surface area contributed by atoms with Gasteiger partial charge in [-0.15, -0.1) is 0 Å². The topological polar surface area (TPSA) is 65.8 Å². The van der Waals surface area contributed by atoms with Crippen molar-refractivity contribution in [2.24, 2.45) is 10.9 Å². The van der Waals surface area contributed by atoms with E-state index >= 15 is 0 Å². The molecule has 0 aromatic carbocycles. The number of aliphatic imine (C=N–C) groups is 1. The Kier molecular flexibility index (Phi) is 6.25. The molecule has 19 heavy (non-hydrogen) atoms. The standard InChI is InChI=1S/C14H23N3O2/c1-4-19-14(18)9-13-5-7-17(8-6-13)12(3)16-10-11(2)15/h10,13,15H,3-9H2,1-2H3. The largest absolute Gasteiger partial charge is 0.466 e. The number of carbonyl (C=O) groups is 1. The summed E-state index contributed by atoms with van der Waals surface area (Å²) in [6.45, 7) is 9.58. The molecule has 0 spiro atoms. The maximum absolute atomic E-state index is 11.4. The van der Waals surface area contributed by atoms with E-state index in [2.05, 4.69) is 16.5 Å². The van der Waals surface area contributed by atoms with E-state index in [0.29, 0.717) is 30.5 Å². The monoisotopic (exact) mass is 265 g/mol. The van der Waals surface area contributed by atoms with Gasteiger partial charge in [0.15, 0.2) is 0 Å². The number of carbonyl (C=O) groups excluding carboxylic acids is 1. The van der Waals surface area contributed by atoms with Crippen molar-refractivity contribution in [2.75, 3.05) is 19.7 Å². The molecule has 1 rings (SSSR count). The number of ether oxygens (including phenoxy) is 1. The first kappa shape index (κ1) is 15.4. The van der Waals surface area contributed by atoms with Crippen molar-refractivity contribution in [3.05, 3.63) is 12.4 Å². The molecule has 0 unspecified atom stereocenters. The maximum atomic E-state index is 11.4. The van der Waals surface area contributed by atoms with Crippen LogP contribution in [0.3, 0.4) is 0 Å². The highest BCUT2D eigenvalue weighted by Gasteiger charge is 2.22. The van der Waals surface area contributed by atoms with Crippen molar-refractivity contribution in [3.8, 4) is 0 Å². The lowest BCUT2D eigenvalue weighted by Crippen LogP contribution is -2.33. The summed E-state index contributed by atoms with van der Waals surface area (Å²) in [6.07, 6.45) is 3.93. The molecule has 0 aromatic heterocycles. The molecule has 106 valence electrons. The summed E-state index contributed by atoms with van der Waals surface area (Å²) in [5.74, 6) is 0.995. The minimum absolute atomic E-state index is 0.0998. The average molecular weight is 265 g/mol. The number of hydrogen-bond donors (Lipinski definition) is 1. The fraction of sp³-hybridized carbons (Fsp3) is 0.643. The zero-order chi connectivity index (χ0) is 14.3. The molecular weight excluding hydrogens is 242 g/mol. The molecule has 0 saturated carbocycles. The highest BCUT2D eigenvalue weighted by molar-refractivity contribution is 6.28. The normalized spacial score (nSPS) is 16.6. The zero-order valence-electron chi connectivity index (χ0n) is 11.8. The van der Waals surface area contributed by atoms with Gasteiger partial charge in [-0.2, -0.15) is 0 Å². The van der Waals surface area contributed by atoms with E-state index < -0.39 is 0 Å². The van der Waals surface area contributed by atoms with Crippen LogP contribution in [0.25, 0.3) is 0 Å². The predicted molar refractivity (Wildman–Crippen MR) is 76.6 cm³/mol. The summed E-state index contributed by atoms with van der Waals surface area (Å²) in [5.41, 5.74) is 0.415. The quantitative estimate of drug-likeness (QED) is 0.591. The Morgan fingerprint density at radius 2 is 2.16 bits per heavy atom. The predicted octanol–water partition coefficient (Wildman–Crippen LogP) is 2.23. The van der Waals surface area contributed by atoms with Gasteiger partial charge in [0.05, 0.1) is 6.61 Å². The average Bonchev–Trinajstić information content (AvgIpc) is 2.37. The van der Waals surface area contributed by atoms with Crippen molar-refractivity contribution < 1.29 is 9.53 Å². The van der Waals surface area contributed by atoms with Crippen LogP contribution in [-0.4, -0.2) is 42.5 Å². The Hall–Kier alpha value is -1.65. The van der Waals surface area contributed by atoms with Crippen LogP contribution in [0.5, 0.6) is 0 Å². The van der Waals surface area contributed by atoms with Crippen LogP contribution in [-0.2, 0) is 9.53 Å². The van der Waals surface area contributed by atoms with E-state index in [0.717, 1.165) is 25.9 Å². The second kappa shape index (κ2) is 7.71. The third-order valence-corrected chi connectivity index (χ3v) is 3.15. The number of nitrogens with one attached hydrogen (secondary N) is 1. The van der Waals surface area contributed by atoms with Crippen LogP contribution >= 0.6 is 0 Å². The van der Waals surface area contributed by atoms with Crippen molar-refractivity contribution in [3.63, 3.8) is 0 Å². The Morgan fingerprint density at radius 3 is 2.68 bits per heavy atom. The molecule has 0 aromatic rings. The summed E-state index contributed by atoms with van der Waals surface area (Å²) in [5, 5.41) is 7.29. The smallest absolute Gasteiger partial charge is 0.306 e.